The number of nitrogens with zero attached hydrogens (tertiary/aromatic N) is 2. The van der Waals surface area contributed by atoms with Crippen molar-refractivity contribution in [3.8, 4) is 0 Å². The Hall–Kier alpha value is -0.890. The Morgan fingerprint density at radius 1 is 1.20 bits per heavy atom. The molecule has 0 bridgehead atoms. The number of hydrogen-bond donors (Lipinski definition) is 1. The molecule has 2 N–H and O–H groups in total. The average molecular weight is 313 g/mol. The highest BCUT2D eigenvalue weighted by Gasteiger charge is 2.30. The number of nitrogens with two attached hydrogens (primary N) is 1. The predicted octanol–water partition coefficient (Wildman–Crippen LogP) is 1.79. The van der Waals surface area contributed by atoms with Gasteiger partial charge in [-0.15, -0.1) is 0 Å². The van der Waals surface area contributed by atoms with Crippen LogP contribution < -0.4 is 5.73 Å². The first-order valence-electron chi connectivity index (χ1n) is 6.47. The minimum atomic E-state index is -4.24. The molecule has 0 unspecified atom stereocenters. The molecule has 0 heterocycles. The Morgan fingerprint density at radius 2 is 1.80 bits per heavy atom. The Kier molecular flexibility index (Phi) is 8.71. The molecule has 0 aromatic heterocycles. The van der Waals surface area contributed by atoms with Gasteiger partial charge in [0, 0.05) is 33.0 Å². The summed E-state index contributed by atoms with van der Waals surface area (Å²) in [6, 6.07) is 0. The first-order chi connectivity index (χ1) is 9.15. The lowest BCUT2D eigenvalue weighted by Gasteiger charge is -2.24. The van der Waals surface area contributed by atoms with Gasteiger partial charge in [0.15, 0.2) is 0 Å². The van der Waals surface area contributed by atoms with Crippen LogP contribution in [-0.2, 0) is 4.79 Å². The van der Waals surface area contributed by atoms with E-state index in [9.17, 15) is 18.0 Å². The van der Waals surface area contributed by atoms with Crippen LogP contribution in [0.25, 0.3) is 0 Å². The maximum atomic E-state index is 12.4. The Labute approximate surface area is 123 Å². The largest absolute Gasteiger partial charge is 0.401 e. The molecule has 0 aliphatic heterocycles. The Bertz CT molecular complexity index is 324. The van der Waals surface area contributed by atoms with Crippen molar-refractivity contribution < 1.29 is 18.0 Å². The van der Waals surface area contributed by atoms with Crippen molar-refractivity contribution in [2.24, 2.45) is 5.73 Å². The average Bonchev–Trinajstić information content (AvgIpc) is 2.31. The fraction of sp³-hybridized carbons (Fsp3) is 0.833. The molecule has 0 aromatic carbocycles. The first kappa shape index (κ1) is 19.1. The number of rotatable bonds is 9. The molecule has 0 saturated heterocycles. The molecule has 118 valence electrons. The van der Waals surface area contributed by atoms with Crippen molar-refractivity contribution in [2.75, 3.05) is 33.2 Å². The summed E-state index contributed by atoms with van der Waals surface area (Å²) in [5.41, 5.74) is 5.33. The van der Waals surface area contributed by atoms with Crippen molar-refractivity contribution in [1.82, 2.24) is 9.80 Å². The number of amides is 1. The van der Waals surface area contributed by atoms with Crippen molar-refractivity contribution in [2.45, 2.75) is 32.4 Å². The van der Waals surface area contributed by atoms with Gasteiger partial charge in [0.1, 0.15) is 0 Å². The summed E-state index contributed by atoms with van der Waals surface area (Å²) in [6.07, 6.45) is -3.15. The summed E-state index contributed by atoms with van der Waals surface area (Å²) in [6.45, 7) is 1.64. The van der Waals surface area contributed by atoms with E-state index in [0.717, 1.165) is 0 Å². The molecule has 0 aliphatic rings. The van der Waals surface area contributed by atoms with Gasteiger partial charge in [0.05, 0.1) is 11.5 Å². The van der Waals surface area contributed by atoms with E-state index in [1.54, 1.807) is 14.0 Å². The molecule has 0 saturated carbocycles. The minimum absolute atomic E-state index is 0.0594. The van der Waals surface area contributed by atoms with Crippen LogP contribution in [0.5, 0.6) is 0 Å². The molecule has 20 heavy (non-hydrogen) atoms. The van der Waals surface area contributed by atoms with Gasteiger partial charge >= 0.3 is 6.18 Å². The standard InChI is InChI=1S/C12H22F3N3OS/c1-3-6-18(9-12(13,14)15)8-5-11(19)17(2)7-4-10(16)20/h3-9H2,1-2H3,(H2,16,20). The third-order valence-electron chi connectivity index (χ3n) is 2.70. The van der Waals surface area contributed by atoms with Gasteiger partial charge in [-0.2, -0.15) is 13.2 Å². The van der Waals surface area contributed by atoms with Crippen molar-refractivity contribution in [1.29, 1.82) is 0 Å². The third kappa shape index (κ3) is 9.96. The van der Waals surface area contributed by atoms with Crippen LogP contribution >= 0.6 is 12.2 Å². The predicted molar refractivity (Wildman–Crippen MR) is 76.4 cm³/mol. The maximum absolute atomic E-state index is 12.4. The zero-order chi connectivity index (χ0) is 15.8. The van der Waals surface area contributed by atoms with Gasteiger partial charge in [-0.05, 0) is 13.0 Å². The van der Waals surface area contributed by atoms with E-state index in [-0.39, 0.29) is 18.9 Å². The van der Waals surface area contributed by atoms with E-state index in [1.165, 1.54) is 9.80 Å². The van der Waals surface area contributed by atoms with Crippen LogP contribution in [0.1, 0.15) is 26.2 Å². The van der Waals surface area contributed by atoms with Crippen molar-refractivity contribution in [3.05, 3.63) is 0 Å². The first-order valence-corrected chi connectivity index (χ1v) is 6.88. The number of carbonyl (C=O) groups is 1. The van der Waals surface area contributed by atoms with Crippen LogP contribution in [0.3, 0.4) is 0 Å². The van der Waals surface area contributed by atoms with Gasteiger partial charge < -0.3 is 10.6 Å². The minimum Gasteiger partial charge on any atom is -0.393 e. The monoisotopic (exact) mass is 313 g/mol. The second-order valence-electron chi connectivity index (χ2n) is 4.67. The zero-order valence-electron chi connectivity index (χ0n) is 11.9. The lowest BCUT2D eigenvalue weighted by atomic mass is 10.3. The Balaban J connectivity index is 4.19. The van der Waals surface area contributed by atoms with Crippen LogP contribution in [0, 0.1) is 0 Å². The van der Waals surface area contributed by atoms with E-state index < -0.39 is 12.7 Å². The molecule has 0 fully saturated rings. The van der Waals surface area contributed by atoms with E-state index in [4.69, 9.17) is 18.0 Å². The molecule has 0 spiro atoms. The molecule has 8 heteroatoms. The van der Waals surface area contributed by atoms with Crippen LogP contribution in [0.15, 0.2) is 0 Å². The van der Waals surface area contributed by atoms with E-state index in [2.05, 4.69) is 0 Å². The zero-order valence-corrected chi connectivity index (χ0v) is 12.7. The fourth-order valence-corrected chi connectivity index (χ4v) is 1.78. The quantitative estimate of drug-likeness (QED) is 0.659. The van der Waals surface area contributed by atoms with Crippen molar-refractivity contribution >= 4 is 23.1 Å². The Morgan fingerprint density at radius 3 is 2.25 bits per heavy atom. The SMILES string of the molecule is CCCN(CCC(=O)N(C)CCC(N)=S)CC(F)(F)F. The number of alkyl halides is 3. The third-order valence-corrected chi connectivity index (χ3v) is 2.91. The van der Waals surface area contributed by atoms with Gasteiger partial charge in [0.25, 0.3) is 0 Å². The summed E-state index contributed by atoms with van der Waals surface area (Å²) >= 11 is 4.71. The fourth-order valence-electron chi connectivity index (χ4n) is 1.69. The summed E-state index contributed by atoms with van der Waals surface area (Å²) in [4.78, 5) is 14.8. The summed E-state index contributed by atoms with van der Waals surface area (Å²) in [5.74, 6) is -0.204. The summed E-state index contributed by atoms with van der Waals surface area (Å²) < 4.78 is 37.1. The molecular formula is C12H22F3N3OS. The molecule has 1 amide bonds. The van der Waals surface area contributed by atoms with Crippen LogP contribution in [0.2, 0.25) is 0 Å². The summed E-state index contributed by atoms with van der Waals surface area (Å²) in [7, 11) is 1.59. The molecule has 0 rings (SSSR count). The smallest absolute Gasteiger partial charge is 0.393 e. The van der Waals surface area contributed by atoms with Gasteiger partial charge in [-0.1, -0.05) is 19.1 Å². The maximum Gasteiger partial charge on any atom is 0.401 e. The number of carbonyl (C=O) groups excluding carboxylic acids is 1. The molecular weight excluding hydrogens is 291 g/mol. The number of hydrogen-bond acceptors (Lipinski definition) is 3. The number of halogens is 3. The van der Waals surface area contributed by atoms with E-state index in [0.29, 0.717) is 30.9 Å². The highest BCUT2D eigenvalue weighted by Crippen LogP contribution is 2.16. The van der Waals surface area contributed by atoms with Gasteiger partial charge in [0.2, 0.25) is 5.91 Å². The number of thiocarbonyl (C=S) groups is 1. The van der Waals surface area contributed by atoms with E-state index in [1.807, 2.05) is 0 Å². The highest BCUT2D eigenvalue weighted by molar-refractivity contribution is 7.80. The van der Waals surface area contributed by atoms with Crippen molar-refractivity contribution in [3.63, 3.8) is 0 Å². The normalized spacial score (nSPS) is 11.7. The van der Waals surface area contributed by atoms with Gasteiger partial charge in [-0.25, -0.2) is 0 Å². The van der Waals surface area contributed by atoms with Gasteiger partial charge in [-0.3, -0.25) is 9.69 Å². The second kappa shape index (κ2) is 9.12. The lowest BCUT2D eigenvalue weighted by molar-refractivity contribution is -0.148. The van der Waals surface area contributed by atoms with Crippen LogP contribution in [0.4, 0.5) is 13.2 Å². The lowest BCUT2D eigenvalue weighted by Crippen LogP contribution is -2.38. The highest BCUT2D eigenvalue weighted by atomic mass is 32.1. The molecule has 0 radical (unpaired) electrons. The summed E-state index contributed by atoms with van der Waals surface area (Å²) in [5, 5.41) is 0. The van der Waals surface area contributed by atoms with E-state index >= 15 is 0 Å². The molecule has 0 aliphatic carbocycles. The molecule has 0 atom stereocenters. The second-order valence-corrected chi connectivity index (χ2v) is 5.20. The molecule has 0 aromatic rings. The molecule has 4 nitrogen and oxygen atoms in total. The topological polar surface area (TPSA) is 49.6 Å². The van der Waals surface area contributed by atoms with Crippen LogP contribution in [-0.4, -0.2) is 60.1 Å².